The smallest absolute Gasteiger partial charge is 0.273 e. The maximum absolute atomic E-state index is 11.9. The molecule has 1 N–H and O–H groups in total. The van der Waals surface area contributed by atoms with E-state index in [0.29, 0.717) is 21.5 Å². The van der Waals surface area contributed by atoms with Crippen molar-refractivity contribution in [3.63, 3.8) is 0 Å². The predicted octanol–water partition coefficient (Wildman–Crippen LogP) is 3.93. The van der Waals surface area contributed by atoms with Crippen molar-refractivity contribution in [1.29, 1.82) is 0 Å². The van der Waals surface area contributed by atoms with Crippen LogP contribution in [-0.2, 0) is 4.79 Å². The van der Waals surface area contributed by atoms with Gasteiger partial charge in [0.1, 0.15) is 11.5 Å². The highest BCUT2D eigenvalue weighted by atomic mass is 35.5. The average Bonchev–Trinajstić information content (AvgIpc) is 2.56. The van der Waals surface area contributed by atoms with E-state index in [9.17, 15) is 14.9 Å². The molecular weight excluding hydrogens is 359 g/mol. The zero-order valence-corrected chi connectivity index (χ0v) is 13.9. The van der Waals surface area contributed by atoms with Crippen molar-refractivity contribution < 1.29 is 19.2 Å². The Balaban J connectivity index is 2.01. The number of ether oxygens (including phenoxy) is 2. The lowest BCUT2D eigenvalue weighted by Gasteiger charge is -2.11. The molecule has 0 spiro atoms. The number of nitrogens with zero attached hydrogens (tertiary/aromatic N) is 1. The van der Waals surface area contributed by atoms with Crippen molar-refractivity contribution in [2.24, 2.45) is 0 Å². The molecule has 0 heterocycles. The molecule has 0 aromatic heterocycles. The third kappa shape index (κ3) is 4.50. The molecule has 0 aliphatic heterocycles. The number of nitro benzene ring substituents is 1. The van der Waals surface area contributed by atoms with Crippen LogP contribution in [0.3, 0.4) is 0 Å². The van der Waals surface area contributed by atoms with Crippen LogP contribution in [0.15, 0.2) is 36.4 Å². The number of halogens is 2. The van der Waals surface area contributed by atoms with E-state index < -0.39 is 10.8 Å². The Labute approximate surface area is 147 Å². The molecular formula is C15H12Cl2N2O5. The van der Waals surface area contributed by atoms with Gasteiger partial charge in [-0.2, -0.15) is 0 Å². The Bertz CT molecular complexity index is 782. The van der Waals surface area contributed by atoms with Crippen molar-refractivity contribution in [2.45, 2.75) is 0 Å². The van der Waals surface area contributed by atoms with Crippen LogP contribution in [0.5, 0.6) is 11.5 Å². The first-order valence-corrected chi connectivity index (χ1v) is 7.36. The van der Waals surface area contributed by atoms with Gasteiger partial charge in [0, 0.05) is 12.1 Å². The number of carbonyl (C=O) groups excluding carboxylic acids is 1. The van der Waals surface area contributed by atoms with Gasteiger partial charge in [-0.25, -0.2) is 0 Å². The van der Waals surface area contributed by atoms with Crippen LogP contribution in [0.2, 0.25) is 10.0 Å². The minimum Gasteiger partial charge on any atom is -0.494 e. The summed E-state index contributed by atoms with van der Waals surface area (Å²) in [7, 11) is 1.35. The molecule has 0 bridgehead atoms. The lowest BCUT2D eigenvalue weighted by Crippen LogP contribution is -2.20. The van der Waals surface area contributed by atoms with E-state index in [-0.39, 0.29) is 18.0 Å². The molecule has 0 aliphatic rings. The molecule has 0 saturated carbocycles. The Morgan fingerprint density at radius 2 is 1.96 bits per heavy atom. The SMILES string of the molecule is COc1cc([N+](=O)[O-])ccc1NC(=O)COc1ccc(Cl)c(Cl)c1. The first-order valence-electron chi connectivity index (χ1n) is 6.61. The molecule has 0 unspecified atom stereocenters. The number of hydrogen-bond donors (Lipinski definition) is 1. The second-order valence-corrected chi connectivity index (χ2v) is 5.37. The van der Waals surface area contributed by atoms with E-state index >= 15 is 0 Å². The third-order valence-corrected chi connectivity index (χ3v) is 3.67. The zero-order chi connectivity index (χ0) is 17.7. The Morgan fingerprint density at radius 1 is 1.21 bits per heavy atom. The predicted molar refractivity (Wildman–Crippen MR) is 90.2 cm³/mol. The van der Waals surface area contributed by atoms with Crippen LogP contribution >= 0.6 is 23.2 Å². The Hall–Kier alpha value is -2.51. The Morgan fingerprint density at radius 3 is 2.58 bits per heavy atom. The fraction of sp³-hybridized carbons (Fsp3) is 0.133. The van der Waals surface area contributed by atoms with Crippen LogP contribution in [0, 0.1) is 10.1 Å². The number of hydrogen-bond acceptors (Lipinski definition) is 5. The third-order valence-electron chi connectivity index (χ3n) is 2.93. The van der Waals surface area contributed by atoms with E-state index in [2.05, 4.69) is 5.32 Å². The van der Waals surface area contributed by atoms with Crippen LogP contribution in [0.25, 0.3) is 0 Å². The quantitative estimate of drug-likeness (QED) is 0.614. The molecule has 1 amide bonds. The van der Waals surface area contributed by atoms with Crippen molar-refractivity contribution in [3.05, 3.63) is 56.6 Å². The number of benzene rings is 2. The first kappa shape index (κ1) is 17.8. The minimum absolute atomic E-state index is 0.142. The maximum atomic E-state index is 11.9. The normalized spacial score (nSPS) is 10.1. The lowest BCUT2D eigenvalue weighted by atomic mass is 10.2. The highest BCUT2D eigenvalue weighted by molar-refractivity contribution is 6.42. The monoisotopic (exact) mass is 370 g/mol. The summed E-state index contributed by atoms with van der Waals surface area (Å²) in [4.78, 5) is 22.1. The molecule has 24 heavy (non-hydrogen) atoms. The van der Waals surface area contributed by atoms with Crippen LogP contribution in [0.4, 0.5) is 11.4 Å². The zero-order valence-electron chi connectivity index (χ0n) is 12.4. The molecule has 0 aliphatic carbocycles. The number of non-ortho nitro benzene ring substituents is 1. The summed E-state index contributed by atoms with van der Waals surface area (Å²) >= 11 is 11.6. The molecule has 0 radical (unpaired) electrons. The van der Waals surface area contributed by atoms with Gasteiger partial charge in [0.15, 0.2) is 6.61 Å². The molecule has 126 valence electrons. The highest BCUT2D eigenvalue weighted by Gasteiger charge is 2.13. The molecule has 2 rings (SSSR count). The minimum atomic E-state index is -0.554. The molecule has 2 aromatic carbocycles. The van der Waals surface area contributed by atoms with Gasteiger partial charge in [-0.15, -0.1) is 0 Å². The van der Waals surface area contributed by atoms with Gasteiger partial charge in [0.05, 0.1) is 33.8 Å². The van der Waals surface area contributed by atoms with Gasteiger partial charge in [0.2, 0.25) is 0 Å². The second-order valence-electron chi connectivity index (χ2n) is 4.55. The van der Waals surface area contributed by atoms with Crippen molar-refractivity contribution in [2.75, 3.05) is 19.0 Å². The Kier molecular flexibility index (Phi) is 5.83. The van der Waals surface area contributed by atoms with Gasteiger partial charge in [-0.3, -0.25) is 14.9 Å². The van der Waals surface area contributed by atoms with Gasteiger partial charge < -0.3 is 14.8 Å². The fourth-order valence-corrected chi connectivity index (χ4v) is 2.09. The van der Waals surface area contributed by atoms with E-state index in [1.165, 1.54) is 31.4 Å². The van der Waals surface area contributed by atoms with Crippen molar-refractivity contribution in [1.82, 2.24) is 0 Å². The number of anilines is 1. The fourth-order valence-electron chi connectivity index (χ4n) is 1.80. The first-order chi connectivity index (χ1) is 11.4. The summed E-state index contributed by atoms with van der Waals surface area (Å²) in [5, 5.41) is 14.0. The van der Waals surface area contributed by atoms with Gasteiger partial charge >= 0.3 is 0 Å². The largest absolute Gasteiger partial charge is 0.494 e. The summed E-state index contributed by atoms with van der Waals surface area (Å²) in [6.07, 6.45) is 0. The topological polar surface area (TPSA) is 90.7 Å². The number of rotatable bonds is 6. The summed E-state index contributed by atoms with van der Waals surface area (Å²) in [5.41, 5.74) is 0.155. The second kappa shape index (κ2) is 7.85. The number of carbonyl (C=O) groups is 1. The van der Waals surface area contributed by atoms with E-state index in [4.69, 9.17) is 32.7 Å². The van der Waals surface area contributed by atoms with Crippen LogP contribution in [-0.4, -0.2) is 24.5 Å². The van der Waals surface area contributed by atoms with E-state index in [1.54, 1.807) is 12.1 Å². The summed E-state index contributed by atoms with van der Waals surface area (Å²) < 4.78 is 10.3. The van der Waals surface area contributed by atoms with Crippen LogP contribution in [0.1, 0.15) is 0 Å². The van der Waals surface area contributed by atoms with Crippen LogP contribution < -0.4 is 14.8 Å². The van der Waals surface area contributed by atoms with Gasteiger partial charge in [0.25, 0.3) is 11.6 Å². The summed E-state index contributed by atoms with van der Waals surface area (Å²) in [6.45, 7) is -0.280. The molecule has 0 fully saturated rings. The van der Waals surface area contributed by atoms with Gasteiger partial charge in [-0.1, -0.05) is 23.2 Å². The highest BCUT2D eigenvalue weighted by Crippen LogP contribution is 2.29. The van der Waals surface area contributed by atoms with Gasteiger partial charge in [-0.05, 0) is 18.2 Å². The van der Waals surface area contributed by atoms with Crippen molar-refractivity contribution >= 4 is 40.5 Å². The molecule has 7 nitrogen and oxygen atoms in total. The molecule has 9 heteroatoms. The van der Waals surface area contributed by atoms with E-state index in [1.807, 2.05) is 0 Å². The molecule has 2 aromatic rings. The maximum Gasteiger partial charge on any atom is 0.273 e. The van der Waals surface area contributed by atoms with E-state index in [0.717, 1.165) is 0 Å². The van der Waals surface area contributed by atoms with Crippen molar-refractivity contribution in [3.8, 4) is 11.5 Å². The number of methoxy groups -OCH3 is 1. The average molecular weight is 371 g/mol. The molecule has 0 saturated heterocycles. The standard InChI is InChI=1S/C15H12Cl2N2O5/c1-23-14-6-9(19(21)22)2-5-13(14)18-15(20)8-24-10-3-4-11(16)12(17)7-10/h2-7H,8H2,1H3,(H,18,20). The summed E-state index contributed by atoms with van der Waals surface area (Å²) in [6, 6.07) is 8.48. The number of amides is 1. The summed E-state index contributed by atoms with van der Waals surface area (Å²) in [5.74, 6) is 0.0931. The molecule has 0 atom stereocenters. The number of nitro groups is 1. The number of nitrogens with one attached hydrogen (secondary N) is 1. The lowest BCUT2D eigenvalue weighted by molar-refractivity contribution is -0.384.